The van der Waals surface area contributed by atoms with E-state index in [9.17, 15) is 18.0 Å². The summed E-state index contributed by atoms with van der Waals surface area (Å²) < 4.78 is 40.5. The molecule has 2 aromatic heterocycles. The van der Waals surface area contributed by atoms with Crippen molar-refractivity contribution in [2.45, 2.75) is 12.3 Å². The highest BCUT2D eigenvalue weighted by Gasteiger charge is 2.35. The van der Waals surface area contributed by atoms with Gasteiger partial charge in [0.05, 0.1) is 6.04 Å². The Balaban J connectivity index is 1.99. The fourth-order valence-electron chi connectivity index (χ4n) is 3.39. The average Bonchev–Trinajstić information content (AvgIpc) is 2.72. The molecule has 0 bridgehead atoms. The molecule has 0 spiro atoms. The number of pyridine rings is 2. The number of nitrogens with two attached hydrogens (primary N) is 1. The minimum absolute atomic E-state index is 0.126. The van der Waals surface area contributed by atoms with Gasteiger partial charge in [-0.05, 0) is 52.6 Å². The van der Waals surface area contributed by atoms with Crippen LogP contribution < -0.4 is 11.3 Å². The Morgan fingerprint density at radius 3 is 2.29 bits per heavy atom. The van der Waals surface area contributed by atoms with Crippen molar-refractivity contribution in [1.82, 2.24) is 9.55 Å². The van der Waals surface area contributed by atoms with E-state index in [0.29, 0.717) is 26.7 Å². The second-order valence-electron chi connectivity index (χ2n) is 6.88. The van der Waals surface area contributed by atoms with Crippen LogP contribution >= 0.6 is 23.2 Å². The molecule has 0 saturated carbocycles. The van der Waals surface area contributed by atoms with Gasteiger partial charge in [0.2, 0.25) is 0 Å². The normalized spacial score (nSPS) is 12.8. The van der Waals surface area contributed by atoms with Crippen molar-refractivity contribution in [3.8, 4) is 11.1 Å². The summed E-state index contributed by atoms with van der Waals surface area (Å²) in [6.45, 7) is 0. The van der Waals surface area contributed by atoms with Crippen molar-refractivity contribution in [2.75, 3.05) is 0 Å². The molecule has 0 saturated heterocycles. The number of aromatic nitrogens is 2. The van der Waals surface area contributed by atoms with E-state index in [2.05, 4.69) is 4.98 Å². The van der Waals surface area contributed by atoms with Crippen LogP contribution in [-0.4, -0.2) is 9.55 Å². The fourth-order valence-corrected chi connectivity index (χ4v) is 3.71. The Morgan fingerprint density at radius 1 is 0.935 bits per heavy atom. The molecule has 0 amide bonds. The molecule has 4 rings (SSSR count). The topological polar surface area (TPSA) is 60.9 Å². The van der Waals surface area contributed by atoms with E-state index in [1.54, 1.807) is 48.5 Å². The SMILES string of the molecule is NC(c1ccc(Cl)cc1)c1cnc2c(c1)c(-c1cccc(Cl)c1)cc(=O)n2C(F)(F)F. The lowest BCUT2D eigenvalue weighted by atomic mass is 9.97. The van der Waals surface area contributed by atoms with E-state index in [4.69, 9.17) is 28.9 Å². The van der Waals surface area contributed by atoms with E-state index in [1.165, 1.54) is 12.3 Å². The van der Waals surface area contributed by atoms with Gasteiger partial charge in [0.15, 0.2) is 5.65 Å². The summed E-state index contributed by atoms with van der Waals surface area (Å²) in [6, 6.07) is 15.1. The Morgan fingerprint density at radius 2 is 1.65 bits per heavy atom. The van der Waals surface area contributed by atoms with Crippen LogP contribution in [0.1, 0.15) is 17.2 Å². The third kappa shape index (κ3) is 4.17. The Labute approximate surface area is 184 Å². The van der Waals surface area contributed by atoms with Gasteiger partial charge in [-0.1, -0.05) is 47.5 Å². The van der Waals surface area contributed by atoms with Crippen LogP contribution in [0, 0.1) is 0 Å². The van der Waals surface area contributed by atoms with Gasteiger partial charge >= 0.3 is 6.30 Å². The number of fused-ring (bicyclic) bond motifs is 1. The molecule has 31 heavy (non-hydrogen) atoms. The van der Waals surface area contributed by atoms with Crippen molar-refractivity contribution in [3.05, 3.63) is 98.4 Å². The summed E-state index contributed by atoms with van der Waals surface area (Å²) in [5.41, 5.74) is 6.53. The van der Waals surface area contributed by atoms with Gasteiger partial charge in [-0.25, -0.2) is 9.55 Å². The first-order chi connectivity index (χ1) is 14.6. The lowest BCUT2D eigenvalue weighted by Gasteiger charge is -2.18. The van der Waals surface area contributed by atoms with E-state index >= 15 is 0 Å². The molecule has 0 aliphatic rings. The maximum Gasteiger partial charge on any atom is 0.493 e. The second-order valence-corrected chi connectivity index (χ2v) is 7.75. The number of hydrogen-bond acceptors (Lipinski definition) is 3. The van der Waals surface area contributed by atoms with E-state index in [0.717, 1.165) is 6.07 Å². The van der Waals surface area contributed by atoms with Crippen molar-refractivity contribution in [3.63, 3.8) is 0 Å². The number of alkyl halides is 3. The van der Waals surface area contributed by atoms with E-state index in [-0.39, 0.29) is 15.5 Å². The highest BCUT2D eigenvalue weighted by molar-refractivity contribution is 6.31. The molecule has 9 heteroatoms. The van der Waals surface area contributed by atoms with Gasteiger partial charge < -0.3 is 5.73 Å². The van der Waals surface area contributed by atoms with Gasteiger partial charge in [-0.3, -0.25) is 4.79 Å². The Kier molecular flexibility index (Phi) is 5.51. The minimum atomic E-state index is -4.94. The third-order valence-electron chi connectivity index (χ3n) is 4.86. The predicted molar refractivity (Wildman–Crippen MR) is 115 cm³/mol. The standard InChI is InChI=1S/C22H14Cl2F3N3O/c23-15-6-4-12(5-7-15)20(28)14-9-18-17(13-2-1-3-16(24)8-13)10-19(31)30(22(25,26)27)21(18)29-11-14/h1-11,20H,28H2. The van der Waals surface area contributed by atoms with Crippen LogP contribution in [0.25, 0.3) is 22.2 Å². The highest BCUT2D eigenvalue weighted by atomic mass is 35.5. The zero-order chi connectivity index (χ0) is 22.3. The van der Waals surface area contributed by atoms with Crippen molar-refractivity contribution in [2.24, 2.45) is 5.73 Å². The monoisotopic (exact) mass is 463 g/mol. The number of halogens is 5. The Hall–Kier alpha value is -2.87. The average molecular weight is 464 g/mol. The quantitative estimate of drug-likeness (QED) is 0.411. The Bertz CT molecular complexity index is 1330. The smallest absolute Gasteiger partial charge is 0.320 e. The summed E-state index contributed by atoms with van der Waals surface area (Å²) in [5, 5.41) is 1.04. The number of nitrogens with zero attached hydrogens (tertiary/aromatic N) is 2. The third-order valence-corrected chi connectivity index (χ3v) is 5.34. The molecular formula is C22H14Cl2F3N3O. The first kappa shape index (κ1) is 21.4. The second kappa shape index (κ2) is 8.00. The molecule has 0 aliphatic carbocycles. The summed E-state index contributed by atoms with van der Waals surface area (Å²) in [6.07, 6.45) is -3.69. The van der Waals surface area contributed by atoms with Crippen molar-refractivity contribution in [1.29, 1.82) is 0 Å². The molecular weight excluding hydrogens is 450 g/mol. The molecule has 1 unspecified atom stereocenters. The molecule has 0 aliphatic heterocycles. The molecule has 4 nitrogen and oxygen atoms in total. The molecule has 2 aromatic carbocycles. The number of hydrogen-bond donors (Lipinski definition) is 1. The largest absolute Gasteiger partial charge is 0.493 e. The zero-order valence-electron chi connectivity index (χ0n) is 15.7. The summed E-state index contributed by atoms with van der Waals surface area (Å²) >= 11 is 12.0. The van der Waals surface area contributed by atoms with E-state index in [1.807, 2.05) is 0 Å². The zero-order valence-corrected chi connectivity index (χ0v) is 17.2. The van der Waals surface area contributed by atoms with Crippen LogP contribution in [0.5, 0.6) is 0 Å². The van der Waals surface area contributed by atoms with Gasteiger partial charge in [0.25, 0.3) is 5.56 Å². The van der Waals surface area contributed by atoms with E-state index < -0.39 is 23.5 Å². The van der Waals surface area contributed by atoms with Crippen LogP contribution in [0.15, 0.2) is 71.7 Å². The fraction of sp³-hybridized carbons (Fsp3) is 0.0909. The molecule has 2 N–H and O–H groups in total. The van der Waals surface area contributed by atoms with Gasteiger partial charge in [-0.15, -0.1) is 13.2 Å². The molecule has 2 heterocycles. The summed E-state index contributed by atoms with van der Waals surface area (Å²) in [7, 11) is 0. The predicted octanol–water partition coefficient (Wildman–Crippen LogP) is 5.89. The number of rotatable bonds is 3. The maximum absolute atomic E-state index is 13.6. The minimum Gasteiger partial charge on any atom is -0.320 e. The molecule has 158 valence electrons. The molecule has 4 aromatic rings. The van der Waals surface area contributed by atoms with Crippen LogP contribution in [0.4, 0.5) is 13.2 Å². The van der Waals surface area contributed by atoms with Crippen LogP contribution in [0.2, 0.25) is 10.0 Å². The van der Waals surface area contributed by atoms with Gasteiger partial charge in [0, 0.05) is 27.7 Å². The lowest BCUT2D eigenvalue weighted by Crippen LogP contribution is -2.31. The first-order valence-electron chi connectivity index (χ1n) is 9.05. The van der Waals surface area contributed by atoms with Crippen LogP contribution in [-0.2, 0) is 6.30 Å². The van der Waals surface area contributed by atoms with Crippen molar-refractivity contribution < 1.29 is 13.2 Å². The summed E-state index contributed by atoms with van der Waals surface area (Å²) in [4.78, 5) is 16.3. The molecule has 0 fully saturated rings. The van der Waals surface area contributed by atoms with Gasteiger partial charge in [-0.2, -0.15) is 0 Å². The van der Waals surface area contributed by atoms with Crippen LogP contribution in [0.3, 0.4) is 0 Å². The maximum atomic E-state index is 13.6. The highest BCUT2D eigenvalue weighted by Crippen LogP contribution is 2.33. The lowest BCUT2D eigenvalue weighted by molar-refractivity contribution is -0.203. The van der Waals surface area contributed by atoms with Crippen molar-refractivity contribution >= 4 is 34.2 Å². The van der Waals surface area contributed by atoms with Gasteiger partial charge in [0.1, 0.15) is 0 Å². The first-order valence-corrected chi connectivity index (χ1v) is 9.80. The number of benzene rings is 2. The molecule has 0 radical (unpaired) electrons. The summed E-state index contributed by atoms with van der Waals surface area (Å²) in [5.74, 6) is 0. The molecule has 1 atom stereocenters.